The van der Waals surface area contributed by atoms with Crippen LogP contribution in [0.15, 0.2) is 35.4 Å². The van der Waals surface area contributed by atoms with E-state index < -0.39 is 10.0 Å². The number of nitrogens with one attached hydrogen (secondary N) is 2. The summed E-state index contributed by atoms with van der Waals surface area (Å²) in [6.07, 6.45) is 4.60. The van der Waals surface area contributed by atoms with E-state index in [4.69, 9.17) is 0 Å². The highest BCUT2D eigenvalue weighted by Crippen LogP contribution is 2.22. The Balaban J connectivity index is 1.74. The van der Waals surface area contributed by atoms with Crippen molar-refractivity contribution in [1.82, 2.24) is 14.6 Å². The van der Waals surface area contributed by atoms with Gasteiger partial charge in [0.2, 0.25) is 10.0 Å². The summed E-state index contributed by atoms with van der Waals surface area (Å²) in [4.78, 5) is 15.5. The van der Waals surface area contributed by atoms with Gasteiger partial charge in [-0.25, -0.2) is 12.7 Å². The smallest absolute Gasteiger partial charge is 0.268 e. The van der Waals surface area contributed by atoms with Gasteiger partial charge in [0.1, 0.15) is 5.69 Å². The third-order valence-electron chi connectivity index (χ3n) is 4.48. The molecule has 0 atom stereocenters. The molecule has 3 rings (SSSR count). The molecule has 1 aromatic heterocycles. The Morgan fingerprint density at radius 2 is 1.88 bits per heavy atom. The molecule has 0 bridgehead atoms. The molecule has 1 heterocycles. The summed E-state index contributed by atoms with van der Waals surface area (Å²) in [6.45, 7) is 1.93. The van der Waals surface area contributed by atoms with Gasteiger partial charge in [-0.2, -0.15) is 0 Å². The largest absolute Gasteiger partial charge is 0.357 e. The van der Waals surface area contributed by atoms with Gasteiger partial charge < -0.3 is 10.3 Å². The number of carbonyl (C=O) groups is 1. The maximum atomic E-state index is 12.2. The average Bonchev–Trinajstić information content (AvgIpc) is 3.31. The molecular formula is C18H23N3O3S. The molecule has 6 nitrogen and oxygen atoms in total. The minimum atomic E-state index is -3.41. The molecule has 7 heteroatoms. The monoisotopic (exact) mass is 361 g/mol. The lowest BCUT2D eigenvalue weighted by Crippen LogP contribution is -2.26. The number of H-pyrrole nitrogens is 1. The fourth-order valence-corrected chi connectivity index (χ4v) is 3.55. The second kappa shape index (κ2) is 6.65. The first-order valence-corrected chi connectivity index (χ1v) is 9.72. The standard InChI is InChI=1S/C18H23N3O3S/c1-12-14(11-19-17(12)18(22)20-15-6-7-15)10-13-4-8-16(9-5-13)25(23,24)21(2)3/h4-5,8-9,11,15,19H,6-7,10H2,1-3H3,(H,20,22). The van der Waals surface area contributed by atoms with Crippen LogP contribution in [-0.4, -0.2) is 43.8 Å². The van der Waals surface area contributed by atoms with Crippen molar-refractivity contribution in [2.24, 2.45) is 0 Å². The topological polar surface area (TPSA) is 82.3 Å². The van der Waals surface area contributed by atoms with Gasteiger partial charge in [0.15, 0.2) is 0 Å². The predicted octanol–water partition coefficient (Wildman–Crippen LogP) is 2.06. The number of hydrogen-bond acceptors (Lipinski definition) is 3. The number of amides is 1. The number of benzene rings is 1. The van der Waals surface area contributed by atoms with Crippen LogP contribution in [0.2, 0.25) is 0 Å². The van der Waals surface area contributed by atoms with E-state index in [2.05, 4.69) is 10.3 Å². The molecule has 1 amide bonds. The van der Waals surface area contributed by atoms with E-state index in [0.29, 0.717) is 18.2 Å². The molecule has 0 unspecified atom stereocenters. The van der Waals surface area contributed by atoms with Gasteiger partial charge in [-0.15, -0.1) is 0 Å². The Morgan fingerprint density at radius 3 is 2.44 bits per heavy atom. The quantitative estimate of drug-likeness (QED) is 0.826. The summed E-state index contributed by atoms with van der Waals surface area (Å²) in [6, 6.07) is 7.19. The van der Waals surface area contributed by atoms with Crippen LogP contribution in [0.5, 0.6) is 0 Å². The molecule has 1 aliphatic rings. The van der Waals surface area contributed by atoms with Crippen molar-refractivity contribution < 1.29 is 13.2 Å². The molecule has 0 aliphatic heterocycles. The highest BCUT2D eigenvalue weighted by molar-refractivity contribution is 7.89. The van der Waals surface area contributed by atoms with Crippen LogP contribution in [-0.2, 0) is 16.4 Å². The molecule has 1 aliphatic carbocycles. The Hall–Kier alpha value is -2.12. The van der Waals surface area contributed by atoms with Crippen LogP contribution in [0.4, 0.5) is 0 Å². The number of carbonyl (C=O) groups excluding carboxylic acids is 1. The van der Waals surface area contributed by atoms with Crippen molar-refractivity contribution in [3.05, 3.63) is 52.8 Å². The fourth-order valence-electron chi connectivity index (χ4n) is 2.65. The molecule has 2 N–H and O–H groups in total. The third-order valence-corrected chi connectivity index (χ3v) is 6.31. The number of nitrogens with zero attached hydrogens (tertiary/aromatic N) is 1. The lowest BCUT2D eigenvalue weighted by atomic mass is 10.0. The first-order valence-electron chi connectivity index (χ1n) is 8.28. The zero-order chi connectivity index (χ0) is 18.2. The summed E-state index contributed by atoms with van der Waals surface area (Å²) < 4.78 is 25.4. The van der Waals surface area contributed by atoms with Crippen LogP contribution < -0.4 is 5.32 Å². The summed E-state index contributed by atoms with van der Waals surface area (Å²) in [5.41, 5.74) is 3.56. The van der Waals surface area contributed by atoms with Crippen LogP contribution in [0.25, 0.3) is 0 Å². The minimum absolute atomic E-state index is 0.0568. The summed E-state index contributed by atoms with van der Waals surface area (Å²) >= 11 is 0. The molecule has 0 saturated heterocycles. The molecule has 1 fully saturated rings. The normalized spacial score (nSPS) is 14.7. The number of rotatable bonds is 6. The Bertz CT molecular complexity index is 879. The third kappa shape index (κ3) is 3.77. The first kappa shape index (κ1) is 17.7. The molecule has 0 spiro atoms. The van der Waals surface area contributed by atoms with Gasteiger partial charge in [-0.1, -0.05) is 12.1 Å². The van der Waals surface area contributed by atoms with Crippen molar-refractivity contribution in [3.63, 3.8) is 0 Å². The van der Waals surface area contributed by atoms with E-state index in [1.165, 1.54) is 18.4 Å². The van der Waals surface area contributed by atoms with Gasteiger partial charge in [0.05, 0.1) is 4.90 Å². The van der Waals surface area contributed by atoms with Gasteiger partial charge in [-0.3, -0.25) is 4.79 Å². The minimum Gasteiger partial charge on any atom is -0.357 e. The molecule has 134 valence electrons. The SMILES string of the molecule is Cc1c(Cc2ccc(S(=O)(=O)N(C)C)cc2)c[nH]c1C(=O)NC1CC1. The number of sulfonamides is 1. The Morgan fingerprint density at radius 1 is 1.24 bits per heavy atom. The maximum Gasteiger partial charge on any atom is 0.268 e. The highest BCUT2D eigenvalue weighted by atomic mass is 32.2. The lowest BCUT2D eigenvalue weighted by Gasteiger charge is -2.11. The molecule has 1 aromatic carbocycles. The van der Waals surface area contributed by atoms with Crippen LogP contribution >= 0.6 is 0 Å². The van der Waals surface area contributed by atoms with E-state index in [-0.39, 0.29) is 10.8 Å². The summed E-state index contributed by atoms with van der Waals surface area (Å²) in [5, 5.41) is 2.98. The Labute approximate surface area is 148 Å². The average molecular weight is 361 g/mol. The van der Waals surface area contributed by atoms with Gasteiger partial charge in [-0.05, 0) is 55.0 Å². The number of aromatic amines is 1. The van der Waals surface area contributed by atoms with Crippen molar-refractivity contribution >= 4 is 15.9 Å². The van der Waals surface area contributed by atoms with Crippen molar-refractivity contribution in [3.8, 4) is 0 Å². The number of hydrogen-bond donors (Lipinski definition) is 2. The molecule has 2 aromatic rings. The summed E-state index contributed by atoms with van der Waals surface area (Å²) in [5.74, 6) is -0.0568. The highest BCUT2D eigenvalue weighted by Gasteiger charge is 2.25. The second-order valence-electron chi connectivity index (χ2n) is 6.67. The first-order chi connectivity index (χ1) is 11.8. The van der Waals surface area contributed by atoms with E-state index in [1.807, 2.05) is 25.3 Å². The summed E-state index contributed by atoms with van der Waals surface area (Å²) in [7, 11) is -0.384. The molecule has 25 heavy (non-hydrogen) atoms. The Kier molecular flexibility index (Phi) is 4.71. The maximum absolute atomic E-state index is 12.2. The predicted molar refractivity (Wildman–Crippen MR) is 96.1 cm³/mol. The van der Waals surface area contributed by atoms with Crippen LogP contribution in [0, 0.1) is 6.92 Å². The van der Waals surface area contributed by atoms with Gasteiger partial charge in [0, 0.05) is 26.3 Å². The lowest BCUT2D eigenvalue weighted by molar-refractivity contribution is 0.0946. The van der Waals surface area contributed by atoms with Gasteiger partial charge in [0.25, 0.3) is 5.91 Å². The van der Waals surface area contributed by atoms with Crippen molar-refractivity contribution in [2.45, 2.75) is 37.1 Å². The van der Waals surface area contributed by atoms with Crippen molar-refractivity contribution in [1.29, 1.82) is 0 Å². The van der Waals surface area contributed by atoms with E-state index in [9.17, 15) is 13.2 Å². The zero-order valence-electron chi connectivity index (χ0n) is 14.7. The zero-order valence-corrected chi connectivity index (χ0v) is 15.5. The molecule has 0 radical (unpaired) electrons. The van der Waals surface area contributed by atoms with Crippen LogP contribution in [0.1, 0.15) is 40.0 Å². The van der Waals surface area contributed by atoms with E-state index in [0.717, 1.165) is 29.5 Å². The number of aromatic nitrogens is 1. The van der Waals surface area contributed by atoms with Crippen molar-refractivity contribution in [2.75, 3.05) is 14.1 Å². The fraction of sp³-hybridized carbons (Fsp3) is 0.389. The second-order valence-corrected chi connectivity index (χ2v) is 8.82. The van der Waals surface area contributed by atoms with Gasteiger partial charge >= 0.3 is 0 Å². The molecular weight excluding hydrogens is 338 g/mol. The molecule has 1 saturated carbocycles. The van der Waals surface area contributed by atoms with Crippen LogP contribution in [0.3, 0.4) is 0 Å². The van der Waals surface area contributed by atoms with E-state index in [1.54, 1.807) is 12.1 Å². The van der Waals surface area contributed by atoms with E-state index >= 15 is 0 Å².